The number of fused-ring (bicyclic) bond motifs is 4. The van der Waals surface area contributed by atoms with Crippen LogP contribution in [0.15, 0.2) is 249 Å². The van der Waals surface area contributed by atoms with Crippen molar-refractivity contribution in [3.05, 3.63) is 266 Å². The number of halogens is 1. The molecule has 1 heterocycles. The van der Waals surface area contributed by atoms with E-state index >= 15 is 0 Å². The van der Waals surface area contributed by atoms with E-state index in [9.17, 15) is 4.39 Å². The molecule has 11 aromatic rings. The molecule has 0 radical (unpaired) electrons. The summed E-state index contributed by atoms with van der Waals surface area (Å²) >= 11 is 0. The van der Waals surface area contributed by atoms with Crippen LogP contribution in [0, 0.1) is 5.82 Å². The van der Waals surface area contributed by atoms with E-state index < -0.39 is 0 Å². The van der Waals surface area contributed by atoms with Crippen LogP contribution in [0.4, 0.5) is 21.5 Å². The minimum Gasteiger partial charge on any atom is -0.311 e. The Kier molecular flexibility index (Phi) is 10.1. The lowest BCUT2D eigenvalue weighted by Crippen LogP contribution is -2.15. The highest BCUT2D eigenvalue weighted by Crippen LogP contribution is 2.53. The fraction of sp³-hybridized carbons (Fsp3) is 0.0462. The van der Waals surface area contributed by atoms with E-state index in [0.29, 0.717) is 0 Å². The molecule has 0 bridgehead atoms. The van der Waals surface area contributed by atoms with Crippen molar-refractivity contribution in [2.24, 2.45) is 0 Å². The lowest BCUT2D eigenvalue weighted by atomic mass is 9.81. The standard InChI is InChI=1S/C65H47FN2/c1-65(2)60-41-51(48-27-36-55(37-28-48)67(53-32-23-46(24-33-53)44-15-7-3-8-16-44)54-34-25-47(26-35-54)45-17-9-4-10-18-45)29-40-57(60)58-42-59-62(43-61(58)65)68(56-38-30-52(66)31-39-56)64(50-21-13-6-14-22-50)63(59)49-19-11-5-12-20-49/h3-43H,1-2H3. The molecule has 3 heteroatoms. The third-order valence-corrected chi connectivity index (χ3v) is 13.9. The average Bonchev–Trinajstić information content (AvgIpc) is 3.85. The predicted molar refractivity (Wildman–Crippen MR) is 283 cm³/mol. The molecule has 1 aliphatic rings. The minimum atomic E-state index is -0.291. The van der Waals surface area contributed by atoms with E-state index in [1.807, 2.05) is 12.1 Å². The van der Waals surface area contributed by atoms with Crippen molar-refractivity contribution >= 4 is 28.0 Å². The van der Waals surface area contributed by atoms with Crippen molar-refractivity contribution in [1.82, 2.24) is 4.57 Å². The number of hydrogen-bond acceptors (Lipinski definition) is 1. The largest absolute Gasteiger partial charge is 0.311 e. The van der Waals surface area contributed by atoms with Crippen LogP contribution in [0.3, 0.4) is 0 Å². The third kappa shape index (κ3) is 7.12. The number of nitrogens with zero attached hydrogens (tertiary/aromatic N) is 2. The van der Waals surface area contributed by atoms with Crippen LogP contribution in [-0.2, 0) is 5.41 Å². The first-order chi connectivity index (χ1) is 33.4. The highest BCUT2D eigenvalue weighted by atomic mass is 19.1. The summed E-state index contributed by atoms with van der Waals surface area (Å²) in [6.45, 7) is 4.70. The number of rotatable bonds is 9. The van der Waals surface area contributed by atoms with Crippen LogP contribution in [0.2, 0.25) is 0 Å². The number of anilines is 3. The van der Waals surface area contributed by atoms with Crippen molar-refractivity contribution in [3.63, 3.8) is 0 Å². The molecule has 0 saturated heterocycles. The molecule has 0 unspecified atom stereocenters. The van der Waals surface area contributed by atoms with Crippen molar-refractivity contribution in [2.45, 2.75) is 19.3 Å². The molecule has 324 valence electrons. The monoisotopic (exact) mass is 874 g/mol. The lowest BCUT2D eigenvalue weighted by Gasteiger charge is -2.26. The lowest BCUT2D eigenvalue weighted by molar-refractivity contribution is 0.627. The molecule has 0 fully saturated rings. The summed E-state index contributed by atoms with van der Waals surface area (Å²) < 4.78 is 16.8. The van der Waals surface area contributed by atoms with Gasteiger partial charge < -0.3 is 9.47 Å². The molecule has 2 nitrogen and oxygen atoms in total. The Labute approximate surface area is 397 Å². The van der Waals surface area contributed by atoms with E-state index in [1.165, 1.54) is 50.1 Å². The zero-order chi connectivity index (χ0) is 45.8. The van der Waals surface area contributed by atoms with Crippen LogP contribution in [0.5, 0.6) is 0 Å². The van der Waals surface area contributed by atoms with Crippen LogP contribution < -0.4 is 4.90 Å². The molecule has 0 amide bonds. The number of aromatic nitrogens is 1. The maximum atomic E-state index is 14.5. The van der Waals surface area contributed by atoms with Gasteiger partial charge in [-0.2, -0.15) is 0 Å². The van der Waals surface area contributed by atoms with Gasteiger partial charge in [-0.3, -0.25) is 0 Å². The summed E-state index contributed by atoms with van der Waals surface area (Å²) in [5.41, 5.74) is 21.7. The van der Waals surface area contributed by atoms with Gasteiger partial charge in [0, 0.05) is 39.1 Å². The fourth-order valence-electron chi connectivity index (χ4n) is 10.4. The Morgan fingerprint density at radius 2 is 0.779 bits per heavy atom. The van der Waals surface area contributed by atoms with Gasteiger partial charge in [0.2, 0.25) is 0 Å². The second-order valence-corrected chi connectivity index (χ2v) is 18.3. The van der Waals surface area contributed by atoms with E-state index in [4.69, 9.17) is 0 Å². The van der Waals surface area contributed by atoms with Crippen molar-refractivity contribution in [3.8, 4) is 72.6 Å². The van der Waals surface area contributed by atoms with Gasteiger partial charge in [0.05, 0.1) is 11.2 Å². The van der Waals surface area contributed by atoms with Crippen LogP contribution in [0.25, 0.3) is 83.5 Å². The Morgan fingerprint density at radius 3 is 1.28 bits per heavy atom. The summed E-state index contributed by atoms with van der Waals surface area (Å²) in [7, 11) is 0. The molecule has 12 rings (SSSR count). The summed E-state index contributed by atoms with van der Waals surface area (Å²) in [6.07, 6.45) is 0. The van der Waals surface area contributed by atoms with E-state index in [1.54, 1.807) is 12.1 Å². The molecule has 0 N–H and O–H groups in total. The first kappa shape index (κ1) is 40.9. The van der Waals surface area contributed by atoms with Gasteiger partial charge in [0.25, 0.3) is 0 Å². The Balaban J connectivity index is 0.946. The summed E-state index contributed by atoms with van der Waals surface area (Å²) in [5, 5.41) is 1.16. The fourth-order valence-corrected chi connectivity index (χ4v) is 10.4. The van der Waals surface area contributed by atoms with Gasteiger partial charge in [-0.1, -0.05) is 184 Å². The minimum absolute atomic E-state index is 0.252. The summed E-state index contributed by atoms with van der Waals surface area (Å²) in [4.78, 5) is 2.34. The molecule has 0 aliphatic heterocycles. The number of benzene rings is 10. The molecule has 0 saturated carbocycles. The first-order valence-electron chi connectivity index (χ1n) is 23.4. The highest BCUT2D eigenvalue weighted by molar-refractivity contribution is 6.08. The topological polar surface area (TPSA) is 8.17 Å². The van der Waals surface area contributed by atoms with Gasteiger partial charge in [0.1, 0.15) is 5.82 Å². The molecular weight excluding hydrogens is 828 g/mol. The van der Waals surface area contributed by atoms with Crippen molar-refractivity contribution in [1.29, 1.82) is 0 Å². The van der Waals surface area contributed by atoms with Gasteiger partial charge >= 0.3 is 0 Å². The molecular formula is C65H47FN2. The summed E-state index contributed by atoms with van der Waals surface area (Å²) in [6, 6.07) is 87.8. The van der Waals surface area contributed by atoms with E-state index in [0.717, 1.165) is 61.6 Å². The second-order valence-electron chi connectivity index (χ2n) is 18.3. The van der Waals surface area contributed by atoms with Crippen molar-refractivity contribution < 1.29 is 4.39 Å². The van der Waals surface area contributed by atoms with E-state index in [-0.39, 0.29) is 11.2 Å². The quantitative estimate of drug-likeness (QED) is 0.140. The Morgan fingerprint density at radius 1 is 0.368 bits per heavy atom. The summed E-state index contributed by atoms with van der Waals surface area (Å²) in [5.74, 6) is -0.252. The van der Waals surface area contributed by atoms with Gasteiger partial charge in [-0.15, -0.1) is 0 Å². The Bertz CT molecular complexity index is 3500. The van der Waals surface area contributed by atoms with Gasteiger partial charge in [-0.05, 0) is 146 Å². The first-order valence-corrected chi connectivity index (χ1v) is 23.4. The van der Waals surface area contributed by atoms with Gasteiger partial charge in [-0.25, -0.2) is 4.39 Å². The third-order valence-electron chi connectivity index (χ3n) is 13.9. The van der Waals surface area contributed by atoms with Crippen LogP contribution >= 0.6 is 0 Å². The predicted octanol–water partition coefficient (Wildman–Crippen LogP) is 17.9. The molecule has 0 spiro atoms. The average molecular weight is 875 g/mol. The smallest absolute Gasteiger partial charge is 0.123 e. The molecule has 68 heavy (non-hydrogen) atoms. The van der Waals surface area contributed by atoms with Crippen LogP contribution in [0.1, 0.15) is 25.0 Å². The zero-order valence-electron chi connectivity index (χ0n) is 37.9. The highest BCUT2D eigenvalue weighted by Gasteiger charge is 2.37. The molecule has 0 atom stereocenters. The van der Waals surface area contributed by atoms with E-state index in [2.05, 4.69) is 248 Å². The van der Waals surface area contributed by atoms with Gasteiger partial charge in [0.15, 0.2) is 0 Å². The SMILES string of the molecule is CC1(C)c2cc(-c3ccc(N(c4ccc(-c5ccccc5)cc4)c4ccc(-c5ccccc5)cc4)cc3)ccc2-c2cc3c(-c4ccccc4)c(-c4ccccc4)n(-c4ccc(F)cc4)c3cc21. The second kappa shape index (κ2) is 16.7. The normalized spacial score (nSPS) is 12.5. The molecule has 1 aromatic heterocycles. The maximum absolute atomic E-state index is 14.5. The zero-order valence-corrected chi connectivity index (χ0v) is 37.9. The molecule has 1 aliphatic carbocycles. The van der Waals surface area contributed by atoms with Crippen molar-refractivity contribution in [2.75, 3.05) is 4.90 Å². The van der Waals surface area contributed by atoms with Crippen LogP contribution in [-0.4, -0.2) is 4.57 Å². The number of hydrogen-bond donors (Lipinski definition) is 0. The Hall–Kier alpha value is -8.53. The maximum Gasteiger partial charge on any atom is 0.123 e. The molecule has 10 aromatic carbocycles.